The van der Waals surface area contributed by atoms with Gasteiger partial charge in [0.05, 0.1) is 16.0 Å². The SMILES string of the molecule is O=C(c1ccc(Cl)c(Cl)c1)N1CCCC(C(=O)N2CCCCC2)C1. The molecular weight excluding hydrogens is 347 g/mol. The van der Waals surface area contributed by atoms with Crippen molar-refractivity contribution in [2.24, 2.45) is 5.92 Å². The number of rotatable bonds is 2. The molecule has 2 saturated heterocycles. The van der Waals surface area contributed by atoms with Crippen LogP contribution in [0.15, 0.2) is 18.2 Å². The van der Waals surface area contributed by atoms with E-state index in [1.807, 2.05) is 4.90 Å². The molecule has 1 aromatic carbocycles. The monoisotopic (exact) mass is 368 g/mol. The van der Waals surface area contributed by atoms with Crippen LogP contribution in [-0.4, -0.2) is 47.8 Å². The summed E-state index contributed by atoms with van der Waals surface area (Å²) in [6, 6.07) is 4.92. The second-order valence-corrected chi connectivity index (χ2v) is 7.42. The third kappa shape index (κ3) is 3.86. The normalized spacial score (nSPS) is 21.7. The third-order valence-corrected chi connectivity index (χ3v) is 5.63. The highest BCUT2D eigenvalue weighted by Crippen LogP contribution is 2.26. The zero-order valence-corrected chi connectivity index (χ0v) is 15.2. The highest BCUT2D eigenvalue weighted by molar-refractivity contribution is 6.42. The first-order valence-electron chi connectivity index (χ1n) is 8.59. The minimum absolute atomic E-state index is 0.0790. The maximum atomic E-state index is 12.7. The van der Waals surface area contributed by atoms with E-state index in [4.69, 9.17) is 23.2 Å². The first-order chi connectivity index (χ1) is 11.6. The van der Waals surface area contributed by atoms with Crippen molar-refractivity contribution in [3.05, 3.63) is 33.8 Å². The zero-order chi connectivity index (χ0) is 17.1. The van der Waals surface area contributed by atoms with Gasteiger partial charge in [-0.05, 0) is 50.3 Å². The summed E-state index contributed by atoms with van der Waals surface area (Å²) in [6.45, 7) is 2.89. The molecule has 0 N–H and O–H groups in total. The van der Waals surface area contributed by atoms with E-state index >= 15 is 0 Å². The van der Waals surface area contributed by atoms with Gasteiger partial charge in [-0.1, -0.05) is 23.2 Å². The van der Waals surface area contributed by atoms with Gasteiger partial charge in [-0.25, -0.2) is 0 Å². The van der Waals surface area contributed by atoms with Gasteiger partial charge in [0.2, 0.25) is 5.91 Å². The molecule has 6 heteroatoms. The van der Waals surface area contributed by atoms with Gasteiger partial charge in [-0.3, -0.25) is 9.59 Å². The van der Waals surface area contributed by atoms with Crippen LogP contribution < -0.4 is 0 Å². The number of hydrogen-bond donors (Lipinski definition) is 0. The number of nitrogens with zero attached hydrogens (tertiary/aromatic N) is 2. The van der Waals surface area contributed by atoms with Crippen LogP contribution in [0, 0.1) is 5.92 Å². The molecule has 1 atom stereocenters. The molecule has 2 aliphatic heterocycles. The molecule has 130 valence electrons. The zero-order valence-electron chi connectivity index (χ0n) is 13.6. The van der Waals surface area contributed by atoms with Crippen LogP contribution in [0.25, 0.3) is 0 Å². The maximum Gasteiger partial charge on any atom is 0.253 e. The molecule has 24 heavy (non-hydrogen) atoms. The van der Waals surface area contributed by atoms with E-state index in [-0.39, 0.29) is 17.7 Å². The Hall–Kier alpha value is -1.26. The number of amides is 2. The maximum absolute atomic E-state index is 12.7. The summed E-state index contributed by atoms with van der Waals surface area (Å²) in [6.07, 6.45) is 5.10. The molecule has 0 aromatic heterocycles. The van der Waals surface area contributed by atoms with E-state index in [1.165, 1.54) is 6.42 Å². The van der Waals surface area contributed by atoms with Crippen molar-refractivity contribution < 1.29 is 9.59 Å². The summed E-state index contributed by atoms with van der Waals surface area (Å²) in [4.78, 5) is 29.2. The summed E-state index contributed by atoms with van der Waals surface area (Å²) in [7, 11) is 0. The molecule has 2 amide bonds. The molecule has 2 heterocycles. The molecule has 4 nitrogen and oxygen atoms in total. The molecule has 3 rings (SSSR count). The van der Waals surface area contributed by atoms with Gasteiger partial charge < -0.3 is 9.80 Å². The lowest BCUT2D eigenvalue weighted by Gasteiger charge is -2.36. The van der Waals surface area contributed by atoms with Gasteiger partial charge in [0.1, 0.15) is 0 Å². The molecule has 1 aromatic rings. The average molecular weight is 369 g/mol. The summed E-state index contributed by atoms with van der Waals surface area (Å²) in [5, 5.41) is 0.811. The van der Waals surface area contributed by atoms with Crippen LogP contribution in [0.1, 0.15) is 42.5 Å². The lowest BCUT2D eigenvalue weighted by Crippen LogP contribution is -2.47. The minimum atomic E-state index is -0.0800. The number of carbonyl (C=O) groups excluding carboxylic acids is 2. The molecule has 0 aliphatic carbocycles. The number of carbonyl (C=O) groups is 2. The highest BCUT2D eigenvalue weighted by atomic mass is 35.5. The molecule has 1 unspecified atom stereocenters. The molecule has 2 fully saturated rings. The Kier molecular flexibility index (Phi) is 5.67. The van der Waals surface area contributed by atoms with Crippen molar-refractivity contribution in [2.45, 2.75) is 32.1 Å². The fourth-order valence-electron chi connectivity index (χ4n) is 3.55. The van der Waals surface area contributed by atoms with Crippen molar-refractivity contribution in [1.82, 2.24) is 9.80 Å². The molecule has 0 spiro atoms. The van der Waals surface area contributed by atoms with Gasteiger partial charge in [0, 0.05) is 31.7 Å². The third-order valence-electron chi connectivity index (χ3n) is 4.89. The van der Waals surface area contributed by atoms with Gasteiger partial charge in [0.15, 0.2) is 0 Å². The van der Waals surface area contributed by atoms with E-state index in [9.17, 15) is 9.59 Å². The van der Waals surface area contributed by atoms with E-state index in [0.717, 1.165) is 38.8 Å². The lowest BCUT2D eigenvalue weighted by atomic mass is 9.95. The van der Waals surface area contributed by atoms with Crippen molar-refractivity contribution in [2.75, 3.05) is 26.2 Å². The van der Waals surface area contributed by atoms with Crippen LogP contribution in [0.2, 0.25) is 10.0 Å². The van der Waals surface area contributed by atoms with Gasteiger partial charge >= 0.3 is 0 Å². The second kappa shape index (κ2) is 7.75. The quantitative estimate of drug-likeness (QED) is 0.794. The Bertz CT molecular complexity index is 629. The fourth-order valence-corrected chi connectivity index (χ4v) is 3.85. The van der Waals surface area contributed by atoms with Crippen molar-refractivity contribution in [3.63, 3.8) is 0 Å². The van der Waals surface area contributed by atoms with Crippen molar-refractivity contribution in [1.29, 1.82) is 0 Å². The predicted molar refractivity (Wildman–Crippen MR) is 95.5 cm³/mol. The largest absolute Gasteiger partial charge is 0.342 e. The van der Waals surface area contributed by atoms with Crippen LogP contribution in [-0.2, 0) is 4.79 Å². The Labute approximate surface area is 152 Å². The number of hydrogen-bond acceptors (Lipinski definition) is 2. The van der Waals surface area contributed by atoms with E-state index < -0.39 is 0 Å². The summed E-state index contributed by atoms with van der Waals surface area (Å²) in [5.74, 6) is 0.0506. The Morgan fingerprint density at radius 2 is 1.62 bits per heavy atom. The first-order valence-corrected chi connectivity index (χ1v) is 9.35. The highest BCUT2D eigenvalue weighted by Gasteiger charge is 2.32. The van der Waals surface area contributed by atoms with Crippen molar-refractivity contribution >= 4 is 35.0 Å². The molecule has 0 bridgehead atoms. The van der Waals surface area contributed by atoms with Crippen LogP contribution in [0.5, 0.6) is 0 Å². The molecule has 2 aliphatic rings. The van der Waals surface area contributed by atoms with E-state index in [1.54, 1.807) is 23.1 Å². The lowest BCUT2D eigenvalue weighted by molar-refractivity contribution is -0.137. The van der Waals surface area contributed by atoms with E-state index in [2.05, 4.69) is 0 Å². The number of likely N-dealkylation sites (tertiary alicyclic amines) is 2. The molecule has 0 saturated carbocycles. The average Bonchev–Trinajstić information content (AvgIpc) is 2.63. The Morgan fingerprint density at radius 3 is 2.33 bits per heavy atom. The van der Waals surface area contributed by atoms with Gasteiger partial charge in [-0.15, -0.1) is 0 Å². The standard InChI is InChI=1S/C18H22Cl2N2O2/c19-15-7-6-13(11-16(15)20)17(23)22-10-4-5-14(12-22)18(24)21-8-2-1-3-9-21/h6-7,11,14H,1-5,8-10,12H2. The first kappa shape index (κ1) is 17.6. The summed E-state index contributed by atoms with van der Waals surface area (Å²) >= 11 is 11.9. The van der Waals surface area contributed by atoms with Crippen molar-refractivity contribution in [3.8, 4) is 0 Å². The Balaban J connectivity index is 1.67. The second-order valence-electron chi connectivity index (χ2n) is 6.61. The topological polar surface area (TPSA) is 40.6 Å². The number of benzene rings is 1. The van der Waals surface area contributed by atoms with E-state index in [0.29, 0.717) is 28.7 Å². The van der Waals surface area contributed by atoms with Gasteiger partial charge in [-0.2, -0.15) is 0 Å². The minimum Gasteiger partial charge on any atom is -0.342 e. The summed E-state index contributed by atoms with van der Waals surface area (Å²) in [5.41, 5.74) is 0.524. The molecular formula is C18H22Cl2N2O2. The van der Waals surface area contributed by atoms with Crippen LogP contribution >= 0.6 is 23.2 Å². The Morgan fingerprint density at radius 1 is 0.917 bits per heavy atom. The van der Waals surface area contributed by atoms with Crippen LogP contribution in [0.4, 0.5) is 0 Å². The number of piperidine rings is 2. The predicted octanol–water partition coefficient (Wildman–Crippen LogP) is 3.86. The fraction of sp³-hybridized carbons (Fsp3) is 0.556. The molecule has 0 radical (unpaired) electrons. The van der Waals surface area contributed by atoms with Crippen LogP contribution in [0.3, 0.4) is 0 Å². The summed E-state index contributed by atoms with van der Waals surface area (Å²) < 4.78 is 0. The smallest absolute Gasteiger partial charge is 0.253 e. The van der Waals surface area contributed by atoms with Gasteiger partial charge in [0.25, 0.3) is 5.91 Å². The number of halogens is 2.